The Bertz CT molecular complexity index is 1000. The van der Waals surface area contributed by atoms with Gasteiger partial charge in [-0.15, -0.1) is 0 Å². The average Bonchev–Trinajstić information content (AvgIpc) is 2.79. The second-order valence-electron chi connectivity index (χ2n) is 7.15. The first-order valence-corrected chi connectivity index (χ1v) is 10.0. The van der Waals surface area contributed by atoms with E-state index in [2.05, 4.69) is 5.32 Å². The molecule has 2 amide bonds. The van der Waals surface area contributed by atoms with Crippen LogP contribution in [0.1, 0.15) is 15.9 Å². The molecule has 3 rings (SSSR count). The van der Waals surface area contributed by atoms with Crippen LogP contribution in [0.5, 0.6) is 11.5 Å². The van der Waals surface area contributed by atoms with Gasteiger partial charge in [0.1, 0.15) is 24.7 Å². The maximum Gasteiger partial charge on any atom is 0.255 e. The average molecular weight is 418 g/mol. The number of likely N-dealkylation sites (N-methyl/N-ethyl adjacent to an activating group) is 1. The first-order valence-electron chi connectivity index (χ1n) is 10.0. The summed E-state index contributed by atoms with van der Waals surface area (Å²) >= 11 is 0. The quantitative estimate of drug-likeness (QED) is 0.533. The van der Waals surface area contributed by atoms with Crippen LogP contribution in [0, 0.1) is 0 Å². The monoisotopic (exact) mass is 418 g/mol. The normalized spacial score (nSPS) is 10.3. The van der Waals surface area contributed by atoms with Crippen LogP contribution in [0.3, 0.4) is 0 Å². The summed E-state index contributed by atoms with van der Waals surface area (Å²) in [7, 11) is 3.45. The molecule has 0 atom stereocenters. The van der Waals surface area contributed by atoms with Gasteiger partial charge in [0.2, 0.25) is 5.91 Å². The van der Waals surface area contributed by atoms with Gasteiger partial charge < -0.3 is 19.7 Å². The lowest BCUT2D eigenvalue weighted by atomic mass is 10.1. The van der Waals surface area contributed by atoms with Gasteiger partial charge in [-0.2, -0.15) is 0 Å². The first kappa shape index (κ1) is 21.9. The van der Waals surface area contributed by atoms with Crippen LogP contribution in [0.25, 0.3) is 0 Å². The first-order chi connectivity index (χ1) is 15.0. The van der Waals surface area contributed by atoms with Crippen molar-refractivity contribution in [1.29, 1.82) is 0 Å². The molecule has 31 heavy (non-hydrogen) atoms. The van der Waals surface area contributed by atoms with Crippen LogP contribution in [-0.4, -0.2) is 44.0 Å². The van der Waals surface area contributed by atoms with Crippen LogP contribution in [-0.2, 0) is 11.2 Å². The van der Waals surface area contributed by atoms with Crippen LogP contribution < -0.4 is 14.8 Å². The molecule has 0 aliphatic carbocycles. The summed E-state index contributed by atoms with van der Waals surface area (Å²) in [6, 6.07) is 23.8. The highest BCUT2D eigenvalue weighted by molar-refractivity contribution is 6.04. The van der Waals surface area contributed by atoms with Crippen molar-refractivity contribution in [3.05, 3.63) is 90.0 Å². The number of hydrogen-bond donors (Lipinski definition) is 1. The predicted octanol–water partition coefficient (Wildman–Crippen LogP) is 4.03. The fourth-order valence-electron chi connectivity index (χ4n) is 2.80. The molecule has 0 spiro atoms. The second kappa shape index (κ2) is 10.8. The van der Waals surface area contributed by atoms with Crippen molar-refractivity contribution >= 4 is 17.5 Å². The van der Waals surface area contributed by atoms with Crippen molar-refractivity contribution < 1.29 is 19.1 Å². The molecule has 0 aliphatic heterocycles. The lowest BCUT2D eigenvalue weighted by Gasteiger charge is -2.11. The topological polar surface area (TPSA) is 67.9 Å². The molecule has 0 fully saturated rings. The van der Waals surface area contributed by atoms with Gasteiger partial charge in [-0.1, -0.05) is 36.4 Å². The molecule has 6 nitrogen and oxygen atoms in total. The van der Waals surface area contributed by atoms with Crippen molar-refractivity contribution in [3.63, 3.8) is 0 Å². The molecule has 1 N–H and O–H groups in total. The van der Waals surface area contributed by atoms with E-state index in [0.29, 0.717) is 36.6 Å². The minimum Gasteiger partial charge on any atom is -0.490 e. The highest BCUT2D eigenvalue weighted by Gasteiger charge is 2.09. The van der Waals surface area contributed by atoms with Gasteiger partial charge in [-0.25, -0.2) is 0 Å². The molecular formula is C25H26N2O4. The summed E-state index contributed by atoms with van der Waals surface area (Å²) in [4.78, 5) is 25.9. The van der Waals surface area contributed by atoms with Gasteiger partial charge >= 0.3 is 0 Å². The van der Waals surface area contributed by atoms with Crippen molar-refractivity contribution in [2.45, 2.75) is 6.42 Å². The van der Waals surface area contributed by atoms with Gasteiger partial charge in [-0.05, 0) is 48.0 Å². The number of benzene rings is 3. The summed E-state index contributed by atoms with van der Waals surface area (Å²) in [6.45, 7) is 0.774. The number of nitrogens with one attached hydrogen (secondary N) is 1. The van der Waals surface area contributed by atoms with E-state index in [4.69, 9.17) is 9.47 Å². The van der Waals surface area contributed by atoms with Crippen molar-refractivity contribution in [2.24, 2.45) is 0 Å². The summed E-state index contributed by atoms with van der Waals surface area (Å²) < 4.78 is 11.3. The molecule has 160 valence electrons. The minimum absolute atomic E-state index is 0.0303. The number of ether oxygens (including phenoxy) is 2. The third-order valence-corrected chi connectivity index (χ3v) is 4.53. The van der Waals surface area contributed by atoms with E-state index >= 15 is 0 Å². The molecule has 0 aromatic heterocycles. The lowest BCUT2D eigenvalue weighted by Crippen LogP contribution is -2.23. The molecule has 0 heterocycles. The van der Waals surface area contributed by atoms with E-state index in [-0.39, 0.29) is 11.8 Å². The molecule has 6 heteroatoms. The Labute approximate surface area is 182 Å². The van der Waals surface area contributed by atoms with Crippen LogP contribution in [0.2, 0.25) is 0 Å². The fraction of sp³-hybridized carbons (Fsp3) is 0.200. The molecule has 0 unspecified atom stereocenters. The summed E-state index contributed by atoms with van der Waals surface area (Å²) in [6.07, 6.45) is 0.328. The van der Waals surface area contributed by atoms with Gasteiger partial charge in [0.15, 0.2) is 0 Å². The second-order valence-corrected chi connectivity index (χ2v) is 7.15. The lowest BCUT2D eigenvalue weighted by molar-refractivity contribution is -0.127. The number of amides is 2. The number of rotatable bonds is 9. The Morgan fingerprint density at radius 1 is 0.806 bits per heavy atom. The van der Waals surface area contributed by atoms with Crippen molar-refractivity contribution in [2.75, 3.05) is 32.6 Å². The zero-order valence-corrected chi connectivity index (χ0v) is 17.7. The third-order valence-electron chi connectivity index (χ3n) is 4.53. The zero-order chi connectivity index (χ0) is 22.1. The van der Waals surface area contributed by atoms with Gasteiger partial charge in [0.25, 0.3) is 5.91 Å². The largest absolute Gasteiger partial charge is 0.490 e. The predicted molar refractivity (Wildman–Crippen MR) is 121 cm³/mol. The number of hydrogen-bond acceptors (Lipinski definition) is 4. The highest BCUT2D eigenvalue weighted by atomic mass is 16.5. The molecule has 3 aromatic carbocycles. The molecule has 0 saturated heterocycles. The Balaban J connectivity index is 1.50. The molecule has 0 aliphatic rings. The number of nitrogens with zero attached hydrogens (tertiary/aromatic N) is 1. The summed E-state index contributed by atoms with van der Waals surface area (Å²) in [5.74, 6) is 1.18. The summed E-state index contributed by atoms with van der Waals surface area (Å²) in [5, 5.41) is 2.86. The standard InChI is InChI=1S/C25H26N2O4/c1-27(2)24(28)17-19-11-13-21(14-12-19)26-25(29)20-7-6-10-23(18-20)31-16-15-30-22-8-4-3-5-9-22/h3-14,18H,15-17H2,1-2H3,(H,26,29). The van der Waals surface area contributed by atoms with E-state index < -0.39 is 0 Å². The SMILES string of the molecule is CN(C)C(=O)Cc1ccc(NC(=O)c2cccc(OCCOc3ccccc3)c2)cc1. The van der Waals surface area contributed by atoms with E-state index in [1.54, 1.807) is 55.4 Å². The number of carbonyl (C=O) groups excluding carboxylic acids is 2. The van der Waals surface area contributed by atoms with Crippen LogP contribution in [0.4, 0.5) is 5.69 Å². The molecular weight excluding hydrogens is 392 g/mol. The van der Waals surface area contributed by atoms with Crippen LogP contribution >= 0.6 is 0 Å². The molecule has 0 radical (unpaired) electrons. The zero-order valence-electron chi connectivity index (χ0n) is 17.7. The molecule has 3 aromatic rings. The van der Waals surface area contributed by atoms with E-state index in [9.17, 15) is 9.59 Å². The van der Waals surface area contributed by atoms with E-state index in [1.165, 1.54) is 0 Å². The molecule has 0 bridgehead atoms. The van der Waals surface area contributed by atoms with Crippen molar-refractivity contribution in [3.8, 4) is 11.5 Å². The fourth-order valence-corrected chi connectivity index (χ4v) is 2.80. The summed E-state index contributed by atoms with van der Waals surface area (Å²) in [5.41, 5.74) is 2.05. The Hall–Kier alpha value is -3.80. The minimum atomic E-state index is -0.233. The molecule has 0 saturated carbocycles. The van der Waals surface area contributed by atoms with Crippen molar-refractivity contribution in [1.82, 2.24) is 4.90 Å². The van der Waals surface area contributed by atoms with E-state index in [1.807, 2.05) is 42.5 Å². The van der Waals surface area contributed by atoms with E-state index in [0.717, 1.165) is 11.3 Å². The maximum absolute atomic E-state index is 12.6. The maximum atomic E-state index is 12.6. The Kier molecular flexibility index (Phi) is 7.65. The number of carbonyl (C=O) groups is 2. The Morgan fingerprint density at radius 3 is 2.13 bits per heavy atom. The van der Waals surface area contributed by atoms with Gasteiger partial charge in [0.05, 0.1) is 6.42 Å². The Morgan fingerprint density at radius 2 is 1.45 bits per heavy atom. The number of anilines is 1. The smallest absolute Gasteiger partial charge is 0.255 e. The highest BCUT2D eigenvalue weighted by Crippen LogP contribution is 2.17. The number of para-hydroxylation sites is 1. The van der Waals surface area contributed by atoms with Gasteiger partial charge in [-0.3, -0.25) is 9.59 Å². The third kappa shape index (κ3) is 6.89. The van der Waals surface area contributed by atoms with Gasteiger partial charge in [0, 0.05) is 25.3 Å². The van der Waals surface area contributed by atoms with Crippen LogP contribution in [0.15, 0.2) is 78.9 Å².